The molecule has 0 amide bonds. The van der Waals surface area contributed by atoms with Gasteiger partial charge in [-0.3, -0.25) is 0 Å². The molecule has 164 valence electrons. The van der Waals surface area contributed by atoms with Crippen molar-refractivity contribution in [3.05, 3.63) is 29.8 Å². The van der Waals surface area contributed by atoms with Crippen molar-refractivity contribution in [2.75, 3.05) is 33.3 Å². The number of guanidine groups is 1. The Balaban J connectivity index is 1.86. The molecule has 11 heteroatoms. The van der Waals surface area contributed by atoms with Crippen LogP contribution in [0.5, 0.6) is 5.75 Å². The molecule has 1 heterocycles. The van der Waals surface area contributed by atoms with Crippen molar-refractivity contribution in [2.24, 2.45) is 10.9 Å². The predicted octanol–water partition coefficient (Wildman–Crippen LogP) is 2.31. The van der Waals surface area contributed by atoms with Crippen LogP contribution in [-0.2, 0) is 16.6 Å². The van der Waals surface area contributed by atoms with E-state index in [0.717, 1.165) is 11.3 Å². The number of alkyl halides is 3. The smallest absolute Gasteiger partial charge is 0.497 e. The van der Waals surface area contributed by atoms with Crippen molar-refractivity contribution < 1.29 is 26.3 Å². The summed E-state index contributed by atoms with van der Waals surface area (Å²) < 4.78 is 66.5. The lowest BCUT2D eigenvalue weighted by Gasteiger charge is -2.31. The maximum Gasteiger partial charge on any atom is 0.511 e. The molecule has 0 aromatic heterocycles. The maximum absolute atomic E-state index is 12.6. The Kier molecular flexibility index (Phi) is 8.14. The number of piperidine rings is 1. The molecular weight excluding hydrogens is 409 g/mol. The number of aliphatic imine (C=N–C) groups is 1. The van der Waals surface area contributed by atoms with Gasteiger partial charge in [-0.1, -0.05) is 12.1 Å². The second kappa shape index (κ2) is 10.1. The van der Waals surface area contributed by atoms with Crippen LogP contribution in [0.15, 0.2) is 29.3 Å². The molecule has 1 aliphatic rings. The van der Waals surface area contributed by atoms with Crippen LogP contribution in [0.2, 0.25) is 0 Å². The summed E-state index contributed by atoms with van der Waals surface area (Å²) in [6.45, 7) is 3.30. The Morgan fingerprint density at radius 1 is 1.21 bits per heavy atom. The van der Waals surface area contributed by atoms with Gasteiger partial charge >= 0.3 is 15.5 Å². The van der Waals surface area contributed by atoms with Crippen LogP contribution in [0.25, 0.3) is 0 Å². The number of nitrogens with zero attached hydrogens (tertiary/aromatic N) is 2. The van der Waals surface area contributed by atoms with Gasteiger partial charge in [0.25, 0.3) is 0 Å². The van der Waals surface area contributed by atoms with Gasteiger partial charge in [0.05, 0.1) is 13.7 Å². The minimum Gasteiger partial charge on any atom is -0.497 e. The largest absolute Gasteiger partial charge is 0.511 e. The lowest BCUT2D eigenvalue weighted by atomic mass is 9.98. The van der Waals surface area contributed by atoms with E-state index < -0.39 is 15.5 Å². The first-order chi connectivity index (χ1) is 13.7. The number of ether oxygens (including phenoxy) is 1. The molecule has 0 spiro atoms. The zero-order valence-corrected chi connectivity index (χ0v) is 17.3. The molecule has 2 N–H and O–H groups in total. The van der Waals surface area contributed by atoms with Crippen LogP contribution in [0.3, 0.4) is 0 Å². The molecule has 0 radical (unpaired) electrons. The van der Waals surface area contributed by atoms with Crippen LogP contribution in [0.4, 0.5) is 13.2 Å². The third-order valence-electron chi connectivity index (χ3n) is 4.69. The van der Waals surface area contributed by atoms with E-state index in [0.29, 0.717) is 42.7 Å². The molecule has 1 saturated heterocycles. The van der Waals surface area contributed by atoms with Crippen LogP contribution in [-0.4, -0.2) is 57.5 Å². The number of hydrogen-bond acceptors (Lipinski definition) is 4. The van der Waals surface area contributed by atoms with Gasteiger partial charge in [-0.2, -0.15) is 17.5 Å². The fourth-order valence-corrected chi connectivity index (χ4v) is 3.97. The van der Waals surface area contributed by atoms with E-state index in [-0.39, 0.29) is 19.0 Å². The molecule has 2 rings (SSSR count). The minimum absolute atomic E-state index is 0.0690. The van der Waals surface area contributed by atoms with Crippen LogP contribution in [0, 0.1) is 5.92 Å². The lowest BCUT2D eigenvalue weighted by molar-refractivity contribution is -0.0496. The van der Waals surface area contributed by atoms with Gasteiger partial charge in [0.15, 0.2) is 5.96 Å². The molecule has 7 nitrogen and oxygen atoms in total. The second-order valence-corrected chi connectivity index (χ2v) is 8.65. The van der Waals surface area contributed by atoms with Gasteiger partial charge < -0.3 is 15.4 Å². The Bertz CT molecular complexity index is 775. The van der Waals surface area contributed by atoms with Crippen LogP contribution >= 0.6 is 0 Å². The van der Waals surface area contributed by atoms with Crippen molar-refractivity contribution >= 4 is 16.0 Å². The number of sulfonamides is 1. The van der Waals surface area contributed by atoms with Crippen molar-refractivity contribution in [1.82, 2.24) is 14.9 Å². The first kappa shape index (κ1) is 23.3. The molecule has 1 aromatic carbocycles. The third-order valence-corrected chi connectivity index (χ3v) is 6.32. The standard InChI is InChI=1S/C18H27F3N4O3S/c1-3-22-17(23-12-14-4-6-16(28-2)7-5-14)24-13-15-8-10-25(11-9-15)29(26,27)18(19,20)21/h4-7,15H,3,8-13H2,1-2H3,(H2,22,23,24). The first-order valence-corrected chi connectivity index (χ1v) is 10.8. The van der Waals surface area contributed by atoms with Gasteiger partial charge in [-0.25, -0.2) is 13.4 Å². The van der Waals surface area contributed by atoms with E-state index in [1.807, 2.05) is 31.2 Å². The van der Waals surface area contributed by atoms with Gasteiger partial charge in [0.1, 0.15) is 5.75 Å². The highest BCUT2D eigenvalue weighted by Crippen LogP contribution is 2.30. The van der Waals surface area contributed by atoms with Crippen molar-refractivity contribution in [3.8, 4) is 5.75 Å². The fourth-order valence-electron chi connectivity index (χ4n) is 2.98. The highest BCUT2D eigenvalue weighted by molar-refractivity contribution is 7.90. The van der Waals surface area contributed by atoms with Gasteiger partial charge in [0, 0.05) is 26.2 Å². The van der Waals surface area contributed by atoms with E-state index in [2.05, 4.69) is 15.6 Å². The number of benzene rings is 1. The van der Waals surface area contributed by atoms with E-state index in [1.54, 1.807) is 7.11 Å². The van der Waals surface area contributed by atoms with Gasteiger partial charge in [-0.05, 0) is 43.4 Å². The molecule has 0 saturated carbocycles. The monoisotopic (exact) mass is 436 g/mol. The summed E-state index contributed by atoms with van der Waals surface area (Å²) >= 11 is 0. The number of methoxy groups -OCH3 is 1. The average Bonchev–Trinajstić information content (AvgIpc) is 2.70. The topological polar surface area (TPSA) is 83.0 Å². The van der Waals surface area contributed by atoms with Gasteiger partial charge in [-0.15, -0.1) is 0 Å². The predicted molar refractivity (Wildman–Crippen MR) is 105 cm³/mol. The number of rotatable bonds is 7. The third kappa shape index (κ3) is 6.49. The highest BCUT2D eigenvalue weighted by atomic mass is 32.2. The zero-order chi connectivity index (χ0) is 21.5. The van der Waals surface area contributed by atoms with E-state index >= 15 is 0 Å². The first-order valence-electron chi connectivity index (χ1n) is 9.39. The Hall–Kier alpha value is -2.01. The molecule has 0 bridgehead atoms. The molecule has 1 aliphatic heterocycles. The number of hydrogen-bond donors (Lipinski definition) is 2. The summed E-state index contributed by atoms with van der Waals surface area (Å²) in [4.78, 5) is 4.51. The summed E-state index contributed by atoms with van der Waals surface area (Å²) in [6.07, 6.45) is 0.723. The van der Waals surface area contributed by atoms with Gasteiger partial charge in [0.2, 0.25) is 0 Å². The Morgan fingerprint density at radius 3 is 2.34 bits per heavy atom. The summed E-state index contributed by atoms with van der Waals surface area (Å²) in [5.41, 5.74) is -4.24. The maximum atomic E-state index is 12.6. The van der Waals surface area contributed by atoms with Crippen molar-refractivity contribution in [2.45, 2.75) is 31.8 Å². The lowest BCUT2D eigenvalue weighted by Crippen LogP contribution is -2.47. The number of halogens is 3. The molecule has 0 atom stereocenters. The summed E-state index contributed by atoms with van der Waals surface area (Å²) in [7, 11) is -3.64. The molecule has 29 heavy (non-hydrogen) atoms. The number of nitrogens with one attached hydrogen (secondary N) is 2. The van der Waals surface area contributed by atoms with E-state index in [4.69, 9.17) is 4.74 Å². The normalized spacial score (nSPS) is 17.2. The Labute approximate surface area is 169 Å². The van der Waals surface area contributed by atoms with Crippen LogP contribution in [0.1, 0.15) is 25.3 Å². The second-order valence-electron chi connectivity index (χ2n) is 6.72. The molecule has 0 unspecified atom stereocenters. The molecule has 1 fully saturated rings. The van der Waals surface area contributed by atoms with E-state index in [9.17, 15) is 21.6 Å². The summed E-state index contributed by atoms with van der Waals surface area (Å²) in [5.74, 6) is 1.44. The molecule has 0 aliphatic carbocycles. The molecular formula is C18H27F3N4O3S. The zero-order valence-electron chi connectivity index (χ0n) is 16.5. The minimum atomic E-state index is -5.25. The van der Waals surface area contributed by atoms with E-state index in [1.165, 1.54) is 0 Å². The average molecular weight is 437 g/mol. The highest BCUT2D eigenvalue weighted by Gasteiger charge is 2.50. The molecule has 1 aromatic rings. The fraction of sp³-hybridized carbons (Fsp3) is 0.611. The Morgan fingerprint density at radius 2 is 1.83 bits per heavy atom. The summed E-state index contributed by atoms with van der Waals surface area (Å²) in [6, 6.07) is 7.55. The quantitative estimate of drug-likeness (QED) is 0.506. The summed E-state index contributed by atoms with van der Waals surface area (Å²) in [5, 5.41) is 6.32. The SMILES string of the molecule is CCNC(=NCc1ccc(OC)cc1)NCC1CCN(S(=O)(=O)C(F)(F)F)CC1. The van der Waals surface area contributed by atoms with Crippen LogP contribution < -0.4 is 15.4 Å². The van der Waals surface area contributed by atoms with Crippen molar-refractivity contribution in [3.63, 3.8) is 0 Å². The van der Waals surface area contributed by atoms with Crippen molar-refractivity contribution in [1.29, 1.82) is 0 Å².